The van der Waals surface area contributed by atoms with Gasteiger partial charge in [0.25, 0.3) is 5.91 Å². The molecule has 2 aromatic carbocycles. The summed E-state index contributed by atoms with van der Waals surface area (Å²) < 4.78 is 5.28. The molecule has 0 spiro atoms. The first-order chi connectivity index (χ1) is 13.5. The number of nitrogens with one attached hydrogen (secondary N) is 2. The fourth-order valence-electron chi connectivity index (χ4n) is 2.52. The molecule has 1 atom stereocenters. The molecule has 0 aliphatic heterocycles. The normalized spacial score (nSPS) is 11.5. The van der Waals surface area contributed by atoms with E-state index in [2.05, 4.69) is 26.0 Å². The highest BCUT2D eigenvalue weighted by Gasteiger charge is 2.20. The van der Waals surface area contributed by atoms with E-state index in [-0.39, 0.29) is 11.8 Å². The van der Waals surface area contributed by atoms with E-state index >= 15 is 0 Å². The number of rotatable bonds is 6. The monoisotopic (exact) mass is 380 g/mol. The van der Waals surface area contributed by atoms with Crippen LogP contribution in [0.1, 0.15) is 19.9 Å². The summed E-state index contributed by atoms with van der Waals surface area (Å²) in [5.74, 6) is 0.336. The number of ether oxygens (including phenoxy) is 1. The van der Waals surface area contributed by atoms with Crippen molar-refractivity contribution in [1.82, 2.24) is 20.2 Å². The van der Waals surface area contributed by atoms with E-state index in [9.17, 15) is 9.59 Å². The van der Waals surface area contributed by atoms with Gasteiger partial charge in [0.15, 0.2) is 0 Å². The van der Waals surface area contributed by atoms with E-state index in [1.165, 1.54) is 18.8 Å². The van der Waals surface area contributed by atoms with Gasteiger partial charge in [0.1, 0.15) is 11.8 Å². The molecule has 0 radical (unpaired) electrons. The van der Waals surface area contributed by atoms with Crippen LogP contribution < -0.4 is 15.4 Å². The standard InChI is InChI=1S/C19H20N6O3/c1-12(25-23-18(22-24-25)14-7-5-4-6-8-14)19(27)21-16-11-15(20-13(2)26)9-10-17(16)28-3/h4-12H,1-3H3,(H,20,26)(H,21,27)/t12-/m0/s1. The Morgan fingerprint density at radius 3 is 2.54 bits per heavy atom. The molecule has 0 saturated carbocycles. The second-order valence-corrected chi connectivity index (χ2v) is 6.06. The second-order valence-electron chi connectivity index (χ2n) is 6.06. The van der Waals surface area contributed by atoms with Crippen LogP contribution in [0.25, 0.3) is 11.4 Å². The second kappa shape index (κ2) is 8.30. The van der Waals surface area contributed by atoms with Gasteiger partial charge in [0.05, 0.1) is 12.8 Å². The maximum absolute atomic E-state index is 12.7. The molecular formula is C19H20N6O3. The first-order valence-electron chi connectivity index (χ1n) is 8.59. The average molecular weight is 380 g/mol. The molecule has 0 fully saturated rings. The Kier molecular flexibility index (Phi) is 5.64. The Bertz CT molecular complexity index is 986. The average Bonchev–Trinajstić information content (AvgIpc) is 3.18. The Balaban J connectivity index is 1.77. The minimum atomic E-state index is -0.709. The van der Waals surface area contributed by atoms with Crippen molar-refractivity contribution in [3.63, 3.8) is 0 Å². The summed E-state index contributed by atoms with van der Waals surface area (Å²) in [5, 5.41) is 17.7. The van der Waals surface area contributed by atoms with Crippen molar-refractivity contribution in [2.24, 2.45) is 0 Å². The van der Waals surface area contributed by atoms with Crippen molar-refractivity contribution in [2.45, 2.75) is 19.9 Å². The Morgan fingerprint density at radius 2 is 1.86 bits per heavy atom. The van der Waals surface area contributed by atoms with Crippen LogP contribution in [-0.4, -0.2) is 39.1 Å². The van der Waals surface area contributed by atoms with Gasteiger partial charge in [-0.3, -0.25) is 9.59 Å². The molecule has 1 heterocycles. The van der Waals surface area contributed by atoms with Crippen molar-refractivity contribution in [3.05, 3.63) is 48.5 Å². The molecular weight excluding hydrogens is 360 g/mol. The number of hydrogen-bond donors (Lipinski definition) is 2. The summed E-state index contributed by atoms with van der Waals surface area (Å²) in [6.07, 6.45) is 0. The Labute approximate surface area is 161 Å². The fraction of sp³-hybridized carbons (Fsp3) is 0.211. The third-order valence-corrected chi connectivity index (χ3v) is 3.96. The third-order valence-electron chi connectivity index (χ3n) is 3.96. The molecule has 0 aliphatic carbocycles. The van der Waals surface area contributed by atoms with Crippen LogP contribution in [0, 0.1) is 0 Å². The molecule has 9 nitrogen and oxygen atoms in total. The number of benzene rings is 2. The van der Waals surface area contributed by atoms with Crippen LogP contribution in [0.15, 0.2) is 48.5 Å². The zero-order valence-electron chi connectivity index (χ0n) is 15.7. The summed E-state index contributed by atoms with van der Waals surface area (Å²) in [5.41, 5.74) is 1.78. The van der Waals surface area contributed by atoms with Gasteiger partial charge in [-0.05, 0) is 30.3 Å². The minimum Gasteiger partial charge on any atom is -0.495 e. The van der Waals surface area contributed by atoms with Crippen molar-refractivity contribution in [3.8, 4) is 17.1 Å². The molecule has 0 aliphatic rings. The van der Waals surface area contributed by atoms with Crippen LogP contribution in [0.5, 0.6) is 5.75 Å². The largest absolute Gasteiger partial charge is 0.495 e. The Hall–Kier alpha value is -3.75. The topological polar surface area (TPSA) is 111 Å². The lowest BCUT2D eigenvalue weighted by molar-refractivity contribution is -0.119. The summed E-state index contributed by atoms with van der Waals surface area (Å²) in [6.45, 7) is 3.07. The molecule has 9 heteroatoms. The lowest BCUT2D eigenvalue weighted by atomic mass is 10.2. The molecule has 3 rings (SSSR count). The Morgan fingerprint density at radius 1 is 1.11 bits per heavy atom. The summed E-state index contributed by atoms with van der Waals surface area (Å²) in [6, 6.07) is 13.6. The zero-order valence-corrected chi connectivity index (χ0v) is 15.7. The van der Waals surface area contributed by atoms with Gasteiger partial charge >= 0.3 is 0 Å². The van der Waals surface area contributed by atoms with E-state index in [0.29, 0.717) is 22.9 Å². The molecule has 28 heavy (non-hydrogen) atoms. The first-order valence-corrected chi connectivity index (χ1v) is 8.59. The molecule has 0 unspecified atom stereocenters. The first kappa shape index (κ1) is 19.0. The minimum absolute atomic E-state index is 0.212. The van der Waals surface area contributed by atoms with Gasteiger partial charge in [-0.15, -0.1) is 10.2 Å². The highest BCUT2D eigenvalue weighted by molar-refractivity contribution is 5.96. The quantitative estimate of drug-likeness (QED) is 0.680. The van der Waals surface area contributed by atoms with E-state index in [4.69, 9.17) is 4.74 Å². The lowest BCUT2D eigenvalue weighted by Crippen LogP contribution is -2.25. The van der Waals surface area contributed by atoms with Crippen LogP contribution in [-0.2, 0) is 9.59 Å². The number of carbonyl (C=O) groups is 2. The number of nitrogens with zero attached hydrogens (tertiary/aromatic N) is 4. The predicted octanol–water partition coefficient (Wildman–Crippen LogP) is 2.51. The van der Waals surface area contributed by atoms with E-state index in [0.717, 1.165) is 5.56 Å². The molecule has 3 aromatic rings. The molecule has 2 N–H and O–H groups in total. The number of carbonyl (C=O) groups excluding carboxylic acids is 2. The number of aromatic nitrogens is 4. The number of methoxy groups -OCH3 is 1. The van der Waals surface area contributed by atoms with Crippen molar-refractivity contribution < 1.29 is 14.3 Å². The van der Waals surface area contributed by atoms with Gasteiger partial charge in [0, 0.05) is 18.2 Å². The number of amides is 2. The van der Waals surface area contributed by atoms with E-state index in [1.807, 2.05) is 30.3 Å². The van der Waals surface area contributed by atoms with Gasteiger partial charge in [0.2, 0.25) is 11.7 Å². The summed E-state index contributed by atoms with van der Waals surface area (Å²) >= 11 is 0. The molecule has 2 amide bonds. The summed E-state index contributed by atoms with van der Waals surface area (Å²) in [7, 11) is 1.50. The maximum Gasteiger partial charge on any atom is 0.250 e. The molecule has 1 aromatic heterocycles. The van der Waals surface area contributed by atoms with Crippen LogP contribution >= 0.6 is 0 Å². The van der Waals surface area contributed by atoms with Gasteiger partial charge < -0.3 is 15.4 Å². The van der Waals surface area contributed by atoms with Crippen molar-refractivity contribution >= 4 is 23.2 Å². The van der Waals surface area contributed by atoms with Crippen molar-refractivity contribution in [2.75, 3.05) is 17.7 Å². The van der Waals surface area contributed by atoms with Crippen LogP contribution in [0.2, 0.25) is 0 Å². The van der Waals surface area contributed by atoms with Crippen LogP contribution in [0.4, 0.5) is 11.4 Å². The predicted molar refractivity (Wildman–Crippen MR) is 104 cm³/mol. The highest BCUT2D eigenvalue weighted by atomic mass is 16.5. The van der Waals surface area contributed by atoms with Gasteiger partial charge in [-0.25, -0.2) is 0 Å². The molecule has 0 saturated heterocycles. The smallest absolute Gasteiger partial charge is 0.250 e. The summed E-state index contributed by atoms with van der Waals surface area (Å²) in [4.78, 5) is 25.2. The lowest BCUT2D eigenvalue weighted by Gasteiger charge is -2.15. The number of anilines is 2. The van der Waals surface area contributed by atoms with E-state index in [1.54, 1.807) is 25.1 Å². The number of tetrazole rings is 1. The van der Waals surface area contributed by atoms with Gasteiger partial charge in [-0.1, -0.05) is 30.3 Å². The zero-order chi connectivity index (χ0) is 20.1. The molecule has 0 bridgehead atoms. The van der Waals surface area contributed by atoms with E-state index < -0.39 is 6.04 Å². The highest BCUT2D eigenvalue weighted by Crippen LogP contribution is 2.28. The maximum atomic E-state index is 12.7. The molecule has 144 valence electrons. The van der Waals surface area contributed by atoms with Gasteiger partial charge in [-0.2, -0.15) is 4.80 Å². The third kappa shape index (κ3) is 4.32. The SMILES string of the molecule is COc1ccc(NC(C)=O)cc1NC(=O)[C@H](C)n1nnc(-c2ccccc2)n1. The fourth-order valence-corrected chi connectivity index (χ4v) is 2.52. The van der Waals surface area contributed by atoms with Crippen molar-refractivity contribution in [1.29, 1.82) is 0 Å². The number of hydrogen-bond acceptors (Lipinski definition) is 6. The van der Waals surface area contributed by atoms with Crippen LogP contribution in [0.3, 0.4) is 0 Å².